The number of ether oxygens (including phenoxy) is 17. The number of carbonyl (C=O) groups is 4. The molecule has 0 aromatic rings. The maximum Gasteiger partial charge on any atom is 0.217 e. The molecule has 0 saturated carbocycles. The number of carbonyl (C=O) groups excluding carboxylic acids is 4. The zero-order valence-corrected chi connectivity index (χ0v) is 59.9. The van der Waals surface area contributed by atoms with E-state index in [1.54, 1.807) is 0 Å². The van der Waals surface area contributed by atoms with Gasteiger partial charge in [0.05, 0.1) is 59.0 Å². The third-order valence-electron chi connectivity index (χ3n) is 20.3. The van der Waals surface area contributed by atoms with Crippen LogP contribution >= 0.6 is 0 Å². The minimum Gasteiger partial charge on any atom is -0.394 e. The smallest absolute Gasteiger partial charge is 0.217 e. The second kappa shape index (κ2) is 39.7. The Morgan fingerprint density at radius 1 is 0.252 bits per heavy atom. The minimum atomic E-state index is -2.52. The molecule has 28 N–H and O–H groups in total. The van der Waals surface area contributed by atoms with Crippen LogP contribution in [0.1, 0.15) is 34.6 Å². The summed E-state index contributed by atoms with van der Waals surface area (Å²) in [5.74, 6) is -3.50. The Labute approximate surface area is 629 Å². The molecule has 9 fully saturated rings. The molecule has 49 nitrogen and oxygen atoms in total. The van der Waals surface area contributed by atoms with Crippen molar-refractivity contribution in [3.05, 3.63) is 0 Å². The zero-order chi connectivity index (χ0) is 81.8. The Bertz CT molecular complexity index is 2950. The first-order chi connectivity index (χ1) is 52.4. The van der Waals surface area contributed by atoms with Gasteiger partial charge in [0.1, 0.15) is 213 Å². The van der Waals surface area contributed by atoms with E-state index >= 15 is 0 Å². The highest BCUT2D eigenvalue weighted by Gasteiger charge is 2.60. The molecule has 0 bridgehead atoms. The predicted octanol–water partition coefficient (Wildman–Crippen LogP) is -19.0. The van der Waals surface area contributed by atoms with Gasteiger partial charge in [-0.05, 0) is 6.92 Å². The van der Waals surface area contributed by atoms with Gasteiger partial charge in [0.15, 0.2) is 56.6 Å². The fourth-order valence-electron chi connectivity index (χ4n) is 14.3. The highest BCUT2D eigenvalue weighted by atomic mass is 16.8. The summed E-state index contributed by atoms with van der Waals surface area (Å²) < 4.78 is 100. The molecule has 4 amide bonds. The van der Waals surface area contributed by atoms with E-state index in [4.69, 9.17) is 80.5 Å². The standard InChI is InChI=1S/C62H104N4O45/c1-14-31(77)40(86)44(90)58(97-14)95-13-26-51(37(83)27(54(94)98-26)63-15(2)73)107-57-30(66-18(5)76)39(85)49(23(10-71)103-57)109-61-47(93)52(35(81)25(105-61)12-96-62-53(42(88)34(80)21(8-69)101-62)111-55-28(64-16(3)74)36(82)32(78)19(6-67)99-55)110-60-46(92)43(89)50(24(11-72)104-60)106-56-29(65-17(4)75)38(84)48(22(9-70)102-56)108-59-45(91)41(87)33(79)20(7-68)100-59/h14,19-62,67-72,77-94H,6-13H2,1-5H3,(H,63,73)(H,64,74)(H,65,75)(H,66,76)/t14-,19+,20+,21+,22+,23+,24+,25+,26+,27+,28+,29+,30+,31+,32+,33-,34+,35+,36+,37+,38+,39+,40+,41-,42-,43+,44-,45+,46-,47-,48+,49+,50+,51+,52-,53-,54+,55-,56-,57-,58+,59-,60+,61-,62-/m0/s1. The van der Waals surface area contributed by atoms with Gasteiger partial charge < -0.3 is 224 Å². The lowest BCUT2D eigenvalue weighted by atomic mass is 9.93. The maximum absolute atomic E-state index is 13.1. The maximum atomic E-state index is 13.1. The molecule has 9 aliphatic rings. The van der Waals surface area contributed by atoms with E-state index in [2.05, 4.69) is 21.3 Å². The van der Waals surface area contributed by atoms with Crippen LogP contribution in [-0.4, -0.2) is 475 Å². The monoisotopic (exact) mass is 1620 g/mol. The molecular formula is C62H104N4O45. The fourth-order valence-corrected chi connectivity index (χ4v) is 14.3. The van der Waals surface area contributed by atoms with E-state index in [9.17, 15) is 142 Å². The van der Waals surface area contributed by atoms with Crippen molar-refractivity contribution in [1.82, 2.24) is 21.3 Å². The molecule has 45 atom stereocenters. The van der Waals surface area contributed by atoms with Crippen molar-refractivity contribution in [3.8, 4) is 0 Å². The predicted molar refractivity (Wildman–Crippen MR) is 342 cm³/mol. The first-order valence-corrected chi connectivity index (χ1v) is 35.5. The second-order valence-corrected chi connectivity index (χ2v) is 28.2. The van der Waals surface area contributed by atoms with Crippen LogP contribution in [0.4, 0.5) is 0 Å². The van der Waals surface area contributed by atoms with Crippen LogP contribution in [0, 0.1) is 0 Å². The molecular weight excluding hydrogens is 1520 g/mol. The SMILES string of the molecule is CC(=O)N[C@@H]1[C@@H](O)[C@H](O[C@@H]2O[C@H](CO)[C@@H](O[C@@H]3O[C@H](CO[C@H]4O[C@H](CO)[C@@H](O)[C@H](O)[C@@H]4O[C@@H]4O[C@H](CO)[C@@H](O)[C@H](O)[C@H]4NC(C)=O)[C@@H](O)[C@H](O[C@H]4O[C@H](CO)[C@@H](O[C@@H]5O[C@H](CO)[C@@H](O[C@@H]6O[C@H](CO)[C@H](O)[C@H](O)[C@H]6O)[C@H](O)[C@H]5NC(C)=O)[C@H](O)[C@@H]4O)[C@@H]3O)[C@H](O)[C@H]2NC(C)=O)[C@@H](CO[C@@H]2O[C@@H](C)[C@@H](O)[C@@H](O)[C@@H]2O)O[C@H]1O. The van der Waals surface area contributed by atoms with Crippen LogP contribution in [0.25, 0.3) is 0 Å². The molecule has 0 aromatic carbocycles. The number of hydrogen-bond donors (Lipinski definition) is 28. The van der Waals surface area contributed by atoms with Crippen LogP contribution in [-0.2, 0) is 99.7 Å². The Morgan fingerprint density at radius 3 is 1.03 bits per heavy atom. The molecule has 9 aliphatic heterocycles. The molecule has 0 aromatic heterocycles. The van der Waals surface area contributed by atoms with Gasteiger partial charge in [-0.15, -0.1) is 0 Å². The third-order valence-corrected chi connectivity index (χ3v) is 20.3. The van der Waals surface area contributed by atoms with Crippen LogP contribution < -0.4 is 21.3 Å². The molecule has 0 unspecified atom stereocenters. The number of aliphatic hydroxyl groups excluding tert-OH is 24. The Balaban J connectivity index is 1.01. The van der Waals surface area contributed by atoms with Crippen molar-refractivity contribution in [3.63, 3.8) is 0 Å². The Hall–Kier alpha value is -3.76. The normalized spacial score (nSPS) is 49.3. The van der Waals surface area contributed by atoms with Crippen molar-refractivity contribution in [1.29, 1.82) is 0 Å². The summed E-state index contributed by atoms with van der Waals surface area (Å²) in [6.45, 7) is -3.16. The quantitative estimate of drug-likeness (QED) is 0.0346. The summed E-state index contributed by atoms with van der Waals surface area (Å²) in [6.07, 6.45) is -82.1. The van der Waals surface area contributed by atoms with Crippen LogP contribution in [0.5, 0.6) is 0 Å². The Morgan fingerprint density at radius 2 is 0.550 bits per heavy atom. The minimum absolute atomic E-state index is 0.821. The van der Waals surface area contributed by atoms with Gasteiger partial charge in [0.2, 0.25) is 23.6 Å². The van der Waals surface area contributed by atoms with Crippen LogP contribution in [0.2, 0.25) is 0 Å². The van der Waals surface area contributed by atoms with E-state index in [1.807, 2.05) is 0 Å². The van der Waals surface area contributed by atoms with E-state index in [0.717, 1.165) is 27.7 Å². The average molecular weight is 1630 g/mol. The van der Waals surface area contributed by atoms with Gasteiger partial charge in [0.25, 0.3) is 0 Å². The molecule has 9 rings (SSSR count). The van der Waals surface area contributed by atoms with Gasteiger partial charge in [-0.2, -0.15) is 0 Å². The highest BCUT2D eigenvalue weighted by Crippen LogP contribution is 2.39. The number of amides is 4. The number of nitrogens with one attached hydrogen (secondary N) is 4. The second-order valence-electron chi connectivity index (χ2n) is 28.2. The van der Waals surface area contributed by atoms with Gasteiger partial charge in [-0.25, -0.2) is 0 Å². The average Bonchev–Trinajstić information content (AvgIpc) is 0.771. The lowest BCUT2D eigenvalue weighted by Crippen LogP contribution is -2.71. The molecule has 9 saturated heterocycles. The summed E-state index contributed by atoms with van der Waals surface area (Å²) >= 11 is 0. The van der Waals surface area contributed by atoms with E-state index < -0.39 is 353 Å². The summed E-state index contributed by atoms with van der Waals surface area (Å²) in [6, 6.07) is -7.23. The Kier molecular flexibility index (Phi) is 32.6. The molecule has 49 heteroatoms. The molecule has 9 heterocycles. The molecule has 111 heavy (non-hydrogen) atoms. The van der Waals surface area contributed by atoms with Crippen LogP contribution in [0.15, 0.2) is 0 Å². The van der Waals surface area contributed by atoms with Gasteiger partial charge in [-0.3, -0.25) is 19.2 Å². The summed E-state index contributed by atoms with van der Waals surface area (Å²) in [7, 11) is 0. The highest BCUT2D eigenvalue weighted by molar-refractivity contribution is 5.74. The van der Waals surface area contributed by atoms with Gasteiger partial charge >= 0.3 is 0 Å². The van der Waals surface area contributed by atoms with E-state index in [-0.39, 0.29) is 0 Å². The zero-order valence-electron chi connectivity index (χ0n) is 59.9. The fraction of sp³-hybridized carbons (Fsp3) is 0.935. The van der Waals surface area contributed by atoms with E-state index in [0.29, 0.717) is 0 Å². The van der Waals surface area contributed by atoms with Crippen molar-refractivity contribution in [2.45, 2.75) is 311 Å². The largest absolute Gasteiger partial charge is 0.394 e. The summed E-state index contributed by atoms with van der Waals surface area (Å²) in [5, 5.41) is 275. The lowest BCUT2D eigenvalue weighted by molar-refractivity contribution is -0.393. The number of aliphatic hydroxyl groups is 24. The first kappa shape index (κ1) is 91.1. The van der Waals surface area contributed by atoms with Crippen molar-refractivity contribution in [2.75, 3.05) is 52.9 Å². The molecule has 0 spiro atoms. The first-order valence-electron chi connectivity index (χ1n) is 35.5. The summed E-state index contributed by atoms with van der Waals surface area (Å²) in [4.78, 5) is 50.6. The van der Waals surface area contributed by atoms with E-state index in [1.165, 1.54) is 6.92 Å². The molecule has 642 valence electrons. The molecule has 0 aliphatic carbocycles. The van der Waals surface area contributed by atoms with Crippen molar-refractivity contribution < 1.29 is 222 Å². The number of hydrogen-bond acceptors (Lipinski definition) is 45. The van der Waals surface area contributed by atoms with Gasteiger partial charge in [0, 0.05) is 27.7 Å². The molecule has 0 radical (unpaired) electrons. The third kappa shape index (κ3) is 20.3. The topological polar surface area (TPSA) is 759 Å². The van der Waals surface area contributed by atoms with Gasteiger partial charge in [-0.1, -0.05) is 0 Å². The van der Waals surface area contributed by atoms with Crippen molar-refractivity contribution >= 4 is 23.6 Å². The lowest BCUT2D eigenvalue weighted by Gasteiger charge is -2.51. The number of rotatable bonds is 28. The van der Waals surface area contributed by atoms with Crippen LogP contribution in [0.3, 0.4) is 0 Å². The van der Waals surface area contributed by atoms with Crippen molar-refractivity contribution in [2.24, 2.45) is 0 Å². The summed E-state index contributed by atoms with van der Waals surface area (Å²) in [5.41, 5.74) is 0.